The van der Waals surface area contributed by atoms with Crippen LogP contribution in [-0.2, 0) is 13.5 Å². The number of nitrogens with zero attached hydrogens (tertiary/aromatic N) is 5. The van der Waals surface area contributed by atoms with Crippen molar-refractivity contribution in [2.24, 2.45) is 7.05 Å². The lowest BCUT2D eigenvalue weighted by atomic mass is 10.1. The molecule has 1 saturated heterocycles. The second-order valence-electron chi connectivity index (χ2n) is 5.78. The minimum absolute atomic E-state index is 0.478. The molecule has 0 amide bonds. The molecule has 110 valence electrons. The SMILES string of the molecule is Cc1nn(C)c2c1nc(CCCl)n2C1CCCN(C)C1. The van der Waals surface area contributed by atoms with Crippen LogP contribution in [0, 0.1) is 6.92 Å². The quantitative estimate of drug-likeness (QED) is 0.814. The van der Waals surface area contributed by atoms with Crippen LogP contribution in [0.15, 0.2) is 0 Å². The number of piperidine rings is 1. The van der Waals surface area contributed by atoms with Gasteiger partial charge in [0.15, 0.2) is 5.65 Å². The van der Waals surface area contributed by atoms with Gasteiger partial charge in [-0.2, -0.15) is 5.10 Å². The molecule has 0 saturated carbocycles. The van der Waals surface area contributed by atoms with Crippen LogP contribution in [0.25, 0.3) is 11.2 Å². The predicted octanol–water partition coefficient (Wildman–Crippen LogP) is 2.13. The number of hydrogen-bond acceptors (Lipinski definition) is 3. The summed E-state index contributed by atoms with van der Waals surface area (Å²) in [5.74, 6) is 1.71. The van der Waals surface area contributed by atoms with E-state index in [4.69, 9.17) is 16.6 Å². The van der Waals surface area contributed by atoms with E-state index in [1.165, 1.54) is 19.4 Å². The highest BCUT2D eigenvalue weighted by molar-refractivity contribution is 6.17. The molecule has 1 atom stereocenters. The van der Waals surface area contributed by atoms with Gasteiger partial charge < -0.3 is 9.47 Å². The average molecular weight is 296 g/mol. The molecule has 0 N–H and O–H groups in total. The lowest BCUT2D eigenvalue weighted by Gasteiger charge is -2.31. The smallest absolute Gasteiger partial charge is 0.158 e. The fraction of sp³-hybridized carbons (Fsp3) is 0.714. The Morgan fingerprint density at radius 3 is 2.85 bits per heavy atom. The highest BCUT2D eigenvalue weighted by atomic mass is 35.5. The summed E-state index contributed by atoms with van der Waals surface area (Å²) < 4.78 is 4.34. The Hall–Kier alpha value is -1.07. The molecule has 1 aliphatic heterocycles. The molecule has 2 aromatic heterocycles. The molecular formula is C14H22ClN5. The topological polar surface area (TPSA) is 38.9 Å². The largest absolute Gasteiger partial charge is 0.308 e. The Bertz CT molecular complexity index is 615. The summed E-state index contributed by atoms with van der Waals surface area (Å²) >= 11 is 5.96. The number of imidazole rings is 1. The molecule has 3 heterocycles. The van der Waals surface area contributed by atoms with E-state index in [1.54, 1.807) is 0 Å². The zero-order valence-electron chi connectivity index (χ0n) is 12.4. The first-order valence-electron chi connectivity index (χ1n) is 7.26. The van der Waals surface area contributed by atoms with Crippen molar-refractivity contribution in [3.05, 3.63) is 11.5 Å². The molecule has 0 bridgehead atoms. The highest BCUT2D eigenvalue weighted by Crippen LogP contribution is 2.28. The van der Waals surface area contributed by atoms with Gasteiger partial charge in [-0.15, -0.1) is 11.6 Å². The van der Waals surface area contributed by atoms with Crippen molar-refractivity contribution in [1.82, 2.24) is 24.2 Å². The monoisotopic (exact) mass is 295 g/mol. The summed E-state index contributed by atoms with van der Waals surface area (Å²) in [5.41, 5.74) is 3.17. The first-order valence-corrected chi connectivity index (χ1v) is 7.80. The highest BCUT2D eigenvalue weighted by Gasteiger charge is 2.26. The van der Waals surface area contributed by atoms with E-state index in [9.17, 15) is 0 Å². The Balaban J connectivity index is 2.12. The Kier molecular flexibility index (Phi) is 3.73. The van der Waals surface area contributed by atoms with Crippen molar-refractivity contribution in [3.63, 3.8) is 0 Å². The second-order valence-corrected chi connectivity index (χ2v) is 6.15. The number of halogens is 1. The van der Waals surface area contributed by atoms with Crippen LogP contribution in [0.1, 0.15) is 30.4 Å². The molecular weight excluding hydrogens is 274 g/mol. The molecule has 1 aliphatic rings. The molecule has 0 aromatic carbocycles. The number of aromatic nitrogens is 4. The lowest BCUT2D eigenvalue weighted by molar-refractivity contribution is 0.211. The standard InChI is InChI=1S/C14H22ClN5/c1-10-13-14(19(3)17-10)20(12(16-13)6-7-15)11-5-4-8-18(2)9-11/h11H,4-9H2,1-3H3. The van der Waals surface area contributed by atoms with Crippen molar-refractivity contribution < 1.29 is 0 Å². The van der Waals surface area contributed by atoms with Crippen LogP contribution in [0.2, 0.25) is 0 Å². The van der Waals surface area contributed by atoms with Gasteiger partial charge in [0, 0.05) is 31.9 Å². The third-order valence-corrected chi connectivity index (χ3v) is 4.38. The molecule has 2 aromatic rings. The number of hydrogen-bond donors (Lipinski definition) is 0. The van der Waals surface area contributed by atoms with Crippen molar-refractivity contribution in [2.45, 2.75) is 32.2 Å². The Morgan fingerprint density at radius 1 is 1.35 bits per heavy atom. The fourth-order valence-corrected chi connectivity index (χ4v) is 3.50. The predicted molar refractivity (Wildman–Crippen MR) is 81.4 cm³/mol. The minimum Gasteiger partial charge on any atom is -0.308 e. The first kappa shape index (κ1) is 13.9. The van der Waals surface area contributed by atoms with E-state index in [0.717, 1.165) is 35.6 Å². The van der Waals surface area contributed by atoms with Crippen molar-refractivity contribution in [1.29, 1.82) is 0 Å². The number of likely N-dealkylation sites (tertiary alicyclic amines) is 1. The third kappa shape index (κ3) is 2.23. The lowest BCUT2D eigenvalue weighted by Crippen LogP contribution is -2.34. The van der Waals surface area contributed by atoms with Gasteiger partial charge in [-0.1, -0.05) is 0 Å². The minimum atomic E-state index is 0.478. The number of alkyl halides is 1. The summed E-state index contributed by atoms with van der Waals surface area (Å²) in [6.07, 6.45) is 3.25. The summed E-state index contributed by atoms with van der Waals surface area (Å²) in [5, 5.41) is 4.51. The molecule has 1 fully saturated rings. The van der Waals surface area contributed by atoms with E-state index >= 15 is 0 Å². The maximum Gasteiger partial charge on any atom is 0.158 e. The van der Waals surface area contributed by atoms with Crippen LogP contribution in [-0.4, -0.2) is 50.2 Å². The van der Waals surface area contributed by atoms with E-state index < -0.39 is 0 Å². The second kappa shape index (κ2) is 5.37. The van der Waals surface area contributed by atoms with Gasteiger partial charge in [0.1, 0.15) is 11.3 Å². The van der Waals surface area contributed by atoms with Crippen LogP contribution < -0.4 is 0 Å². The zero-order valence-corrected chi connectivity index (χ0v) is 13.2. The van der Waals surface area contributed by atoms with Crippen molar-refractivity contribution in [2.75, 3.05) is 26.0 Å². The Labute approximate surface area is 124 Å². The zero-order chi connectivity index (χ0) is 14.3. The van der Waals surface area contributed by atoms with Crippen LogP contribution in [0.5, 0.6) is 0 Å². The maximum atomic E-state index is 5.96. The van der Waals surface area contributed by atoms with Gasteiger partial charge in [-0.3, -0.25) is 4.68 Å². The fourth-order valence-electron chi connectivity index (χ4n) is 3.34. The van der Waals surface area contributed by atoms with Gasteiger partial charge in [0.25, 0.3) is 0 Å². The third-order valence-electron chi connectivity index (χ3n) is 4.19. The van der Waals surface area contributed by atoms with Gasteiger partial charge in [-0.25, -0.2) is 4.98 Å². The average Bonchev–Trinajstić information content (AvgIpc) is 2.89. The normalized spacial score (nSPS) is 20.9. The Morgan fingerprint density at radius 2 is 2.15 bits per heavy atom. The summed E-state index contributed by atoms with van der Waals surface area (Å²) in [6.45, 7) is 4.28. The van der Waals surface area contributed by atoms with Gasteiger partial charge in [0.2, 0.25) is 0 Å². The van der Waals surface area contributed by atoms with Gasteiger partial charge >= 0.3 is 0 Å². The van der Waals surface area contributed by atoms with E-state index in [2.05, 4.69) is 21.6 Å². The van der Waals surface area contributed by atoms with E-state index in [0.29, 0.717) is 11.9 Å². The van der Waals surface area contributed by atoms with Gasteiger partial charge in [0.05, 0.1) is 5.69 Å². The van der Waals surface area contributed by atoms with Gasteiger partial charge in [-0.05, 0) is 33.4 Å². The van der Waals surface area contributed by atoms with E-state index in [-0.39, 0.29) is 0 Å². The number of fused-ring (bicyclic) bond motifs is 1. The molecule has 0 radical (unpaired) electrons. The molecule has 0 spiro atoms. The molecule has 6 heteroatoms. The first-order chi connectivity index (χ1) is 9.61. The molecule has 1 unspecified atom stereocenters. The van der Waals surface area contributed by atoms with Crippen LogP contribution in [0.4, 0.5) is 0 Å². The van der Waals surface area contributed by atoms with Crippen LogP contribution in [0.3, 0.4) is 0 Å². The van der Waals surface area contributed by atoms with Crippen molar-refractivity contribution in [3.8, 4) is 0 Å². The maximum absolute atomic E-state index is 5.96. The molecule has 0 aliphatic carbocycles. The molecule has 20 heavy (non-hydrogen) atoms. The molecule has 3 rings (SSSR count). The number of aryl methyl sites for hydroxylation is 3. The van der Waals surface area contributed by atoms with Crippen molar-refractivity contribution >= 4 is 22.8 Å². The summed E-state index contributed by atoms with van der Waals surface area (Å²) in [7, 11) is 4.19. The van der Waals surface area contributed by atoms with Crippen LogP contribution >= 0.6 is 11.6 Å². The summed E-state index contributed by atoms with van der Waals surface area (Å²) in [4.78, 5) is 7.20. The van der Waals surface area contributed by atoms with E-state index in [1.807, 2.05) is 18.7 Å². The molecule has 5 nitrogen and oxygen atoms in total. The number of likely N-dealkylation sites (N-methyl/N-ethyl adjacent to an activating group) is 1. The summed E-state index contributed by atoms with van der Waals surface area (Å²) in [6, 6.07) is 0.478. The number of rotatable bonds is 3.